The van der Waals surface area contributed by atoms with Crippen LogP contribution >= 0.6 is 11.8 Å². The van der Waals surface area contributed by atoms with Crippen LogP contribution in [0.4, 0.5) is 0 Å². The number of thioether (sulfide) groups is 1. The Morgan fingerprint density at radius 1 is 1.14 bits per heavy atom. The topological polar surface area (TPSA) is 72.5 Å². The van der Waals surface area contributed by atoms with Gasteiger partial charge in [0.25, 0.3) is 5.56 Å². The molecule has 0 atom stereocenters. The molecule has 0 aliphatic carbocycles. The zero-order chi connectivity index (χ0) is 20.4. The summed E-state index contributed by atoms with van der Waals surface area (Å²) >= 11 is 1.36. The van der Waals surface area contributed by atoms with Crippen LogP contribution in [0.2, 0.25) is 0 Å². The second kappa shape index (κ2) is 8.34. The van der Waals surface area contributed by atoms with Crippen LogP contribution in [0.1, 0.15) is 41.0 Å². The van der Waals surface area contributed by atoms with Crippen molar-refractivity contribution in [2.24, 2.45) is 0 Å². The monoisotopic (exact) mass is 401 g/mol. The highest BCUT2D eigenvalue weighted by Gasteiger charge is 2.22. The predicted molar refractivity (Wildman–Crippen MR) is 113 cm³/mol. The maximum absolute atomic E-state index is 12.9. The molecule has 1 amide bonds. The van der Waals surface area contributed by atoms with Crippen molar-refractivity contribution < 1.29 is 4.79 Å². The molecule has 28 heavy (non-hydrogen) atoms. The number of aromatic nitrogens is 4. The molecule has 0 unspecified atom stereocenters. The minimum Gasteiger partial charge on any atom is -0.337 e. The van der Waals surface area contributed by atoms with E-state index in [1.165, 1.54) is 11.8 Å². The maximum Gasteiger partial charge on any atom is 0.262 e. The Kier molecular flexibility index (Phi) is 6.07. The number of aryl methyl sites for hydroxylation is 1. The summed E-state index contributed by atoms with van der Waals surface area (Å²) in [7, 11) is 0. The number of rotatable bonds is 7. The zero-order valence-corrected chi connectivity index (χ0v) is 17.9. The predicted octanol–water partition coefficient (Wildman–Crippen LogP) is 3.19. The van der Waals surface area contributed by atoms with Crippen molar-refractivity contribution >= 4 is 34.3 Å². The van der Waals surface area contributed by atoms with E-state index in [9.17, 15) is 9.59 Å². The molecule has 2 aromatic heterocycles. The summed E-state index contributed by atoms with van der Waals surface area (Å²) in [5, 5.41) is 9.82. The molecule has 3 rings (SSSR count). The maximum atomic E-state index is 12.9. The number of benzene rings is 1. The summed E-state index contributed by atoms with van der Waals surface area (Å²) in [6, 6.07) is 7.74. The van der Waals surface area contributed by atoms with Gasteiger partial charge in [-0.1, -0.05) is 30.8 Å². The molecule has 0 saturated heterocycles. The Morgan fingerprint density at radius 3 is 2.46 bits per heavy atom. The Labute approximate surface area is 168 Å². The molecule has 3 aromatic rings. The highest BCUT2D eigenvalue weighted by molar-refractivity contribution is 7.99. The molecule has 2 heterocycles. The molecule has 0 N–H and O–H groups in total. The van der Waals surface area contributed by atoms with E-state index in [2.05, 4.69) is 10.2 Å². The van der Waals surface area contributed by atoms with Gasteiger partial charge in [-0.05, 0) is 46.2 Å². The first-order valence-electron chi connectivity index (χ1n) is 9.67. The SMILES string of the molecule is CCCn1c(=O)c2ccccc2n2c(SCC(=O)N(C(C)C)C(C)C)nnc12. The van der Waals surface area contributed by atoms with Crippen molar-refractivity contribution in [2.45, 2.75) is 64.8 Å². The van der Waals surface area contributed by atoms with Gasteiger partial charge >= 0.3 is 0 Å². The Morgan fingerprint density at radius 2 is 1.82 bits per heavy atom. The van der Waals surface area contributed by atoms with Crippen LogP contribution < -0.4 is 5.56 Å². The Hall–Kier alpha value is -2.35. The summed E-state index contributed by atoms with van der Waals surface area (Å²) in [4.78, 5) is 27.5. The first-order valence-corrected chi connectivity index (χ1v) is 10.7. The number of para-hydroxylation sites is 1. The summed E-state index contributed by atoms with van der Waals surface area (Å²) in [6.07, 6.45) is 0.819. The first kappa shape index (κ1) is 20.4. The van der Waals surface area contributed by atoms with Gasteiger partial charge in [-0.2, -0.15) is 0 Å². The van der Waals surface area contributed by atoms with Crippen molar-refractivity contribution in [3.8, 4) is 0 Å². The van der Waals surface area contributed by atoms with Crippen molar-refractivity contribution in [3.63, 3.8) is 0 Å². The summed E-state index contributed by atoms with van der Waals surface area (Å²) in [5.74, 6) is 0.862. The Bertz CT molecular complexity index is 1050. The van der Waals surface area contributed by atoms with Crippen LogP contribution in [0.15, 0.2) is 34.2 Å². The fourth-order valence-electron chi connectivity index (χ4n) is 3.63. The van der Waals surface area contributed by atoms with Gasteiger partial charge in [-0.15, -0.1) is 10.2 Å². The third-order valence-corrected chi connectivity index (χ3v) is 5.56. The van der Waals surface area contributed by atoms with Gasteiger partial charge in [0.1, 0.15) is 0 Å². The first-order chi connectivity index (χ1) is 13.4. The van der Waals surface area contributed by atoms with Gasteiger partial charge in [0.05, 0.1) is 16.7 Å². The van der Waals surface area contributed by atoms with Gasteiger partial charge in [0.2, 0.25) is 11.7 Å². The molecule has 1 aromatic carbocycles. The number of nitrogens with zero attached hydrogens (tertiary/aromatic N) is 5. The smallest absolute Gasteiger partial charge is 0.262 e. The molecule has 0 aliphatic heterocycles. The minimum atomic E-state index is -0.0595. The normalized spacial score (nSPS) is 11.8. The second-order valence-electron chi connectivity index (χ2n) is 7.37. The lowest BCUT2D eigenvalue weighted by Crippen LogP contribution is -2.43. The third kappa shape index (κ3) is 3.65. The molecular weight excluding hydrogens is 374 g/mol. The molecule has 150 valence electrons. The van der Waals surface area contributed by atoms with E-state index >= 15 is 0 Å². The van der Waals surface area contributed by atoms with Crippen molar-refractivity contribution in [1.29, 1.82) is 0 Å². The lowest BCUT2D eigenvalue weighted by atomic mass is 10.2. The fraction of sp³-hybridized carbons (Fsp3) is 0.500. The number of hydrogen-bond donors (Lipinski definition) is 0. The number of fused-ring (bicyclic) bond motifs is 3. The van der Waals surface area contributed by atoms with Crippen LogP contribution in [0, 0.1) is 0 Å². The summed E-state index contributed by atoms with van der Waals surface area (Å²) in [5.41, 5.74) is 0.704. The number of carbonyl (C=O) groups is 1. The van der Waals surface area contributed by atoms with E-state index < -0.39 is 0 Å². The lowest BCUT2D eigenvalue weighted by molar-refractivity contribution is -0.131. The molecule has 0 radical (unpaired) electrons. The van der Waals surface area contributed by atoms with Gasteiger partial charge in [0.15, 0.2) is 5.16 Å². The second-order valence-corrected chi connectivity index (χ2v) is 8.31. The van der Waals surface area contributed by atoms with Crippen LogP contribution in [0.3, 0.4) is 0 Å². The molecule has 0 fully saturated rings. The number of carbonyl (C=O) groups excluding carboxylic acids is 1. The van der Waals surface area contributed by atoms with E-state index in [1.54, 1.807) is 4.57 Å². The third-order valence-electron chi connectivity index (χ3n) is 4.65. The standard InChI is InChI=1S/C20H27N5O2S/c1-6-11-23-18(27)15-9-7-8-10-16(15)25-19(23)21-22-20(25)28-12-17(26)24(13(2)3)14(4)5/h7-10,13-14H,6,11-12H2,1-5H3. The van der Waals surface area contributed by atoms with E-state index in [0.29, 0.717) is 22.9 Å². The minimum absolute atomic E-state index is 0.0595. The average molecular weight is 402 g/mol. The van der Waals surface area contributed by atoms with E-state index in [-0.39, 0.29) is 29.3 Å². The molecule has 0 spiro atoms. The van der Waals surface area contributed by atoms with Gasteiger partial charge in [0, 0.05) is 18.6 Å². The van der Waals surface area contributed by atoms with Crippen LogP contribution in [-0.4, -0.2) is 47.8 Å². The van der Waals surface area contributed by atoms with Crippen molar-refractivity contribution in [1.82, 2.24) is 24.1 Å². The lowest BCUT2D eigenvalue weighted by Gasteiger charge is -2.30. The molecule has 0 saturated carbocycles. The summed E-state index contributed by atoms with van der Waals surface area (Å²) in [6.45, 7) is 10.7. The quantitative estimate of drug-likeness (QED) is 0.569. The van der Waals surface area contributed by atoms with Crippen molar-refractivity contribution in [2.75, 3.05) is 5.75 Å². The molecular formula is C20H27N5O2S. The van der Waals surface area contributed by atoms with E-state index in [0.717, 1.165) is 11.9 Å². The van der Waals surface area contributed by atoms with Gasteiger partial charge < -0.3 is 4.90 Å². The van der Waals surface area contributed by atoms with Crippen molar-refractivity contribution in [3.05, 3.63) is 34.6 Å². The largest absolute Gasteiger partial charge is 0.337 e. The fourth-order valence-corrected chi connectivity index (χ4v) is 4.43. The van der Waals surface area contributed by atoms with E-state index in [4.69, 9.17) is 0 Å². The van der Waals surface area contributed by atoms with Crippen LogP contribution in [-0.2, 0) is 11.3 Å². The average Bonchev–Trinajstić information content (AvgIpc) is 3.07. The number of hydrogen-bond acceptors (Lipinski definition) is 5. The zero-order valence-electron chi connectivity index (χ0n) is 17.0. The highest BCUT2D eigenvalue weighted by Crippen LogP contribution is 2.22. The molecule has 7 nitrogen and oxygen atoms in total. The van der Waals surface area contributed by atoms with Gasteiger partial charge in [-0.25, -0.2) is 0 Å². The highest BCUT2D eigenvalue weighted by atomic mass is 32.2. The van der Waals surface area contributed by atoms with E-state index in [1.807, 2.05) is 68.2 Å². The summed E-state index contributed by atoms with van der Waals surface area (Å²) < 4.78 is 3.55. The Balaban J connectivity index is 2.04. The molecule has 8 heteroatoms. The number of amides is 1. The molecule has 0 aliphatic rings. The van der Waals surface area contributed by atoms with Gasteiger partial charge in [-0.3, -0.25) is 18.6 Å². The van der Waals surface area contributed by atoms with Crippen LogP contribution in [0.5, 0.6) is 0 Å². The molecule has 0 bridgehead atoms. The van der Waals surface area contributed by atoms with Crippen LogP contribution in [0.25, 0.3) is 16.7 Å².